The van der Waals surface area contributed by atoms with Crippen molar-refractivity contribution >= 4 is 20.9 Å². The predicted octanol–water partition coefficient (Wildman–Crippen LogP) is 2.35. The minimum atomic E-state index is -3.19. The van der Waals surface area contributed by atoms with Crippen LogP contribution in [0.1, 0.15) is 38.4 Å². The quantitative estimate of drug-likeness (QED) is 0.909. The number of imidazole rings is 1. The van der Waals surface area contributed by atoms with Crippen molar-refractivity contribution in [3.05, 3.63) is 24.0 Å². The van der Waals surface area contributed by atoms with Gasteiger partial charge in [-0.1, -0.05) is 13.3 Å². The highest BCUT2D eigenvalue weighted by Gasteiger charge is 2.37. The largest absolute Gasteiger partial charge is 0.340 e. The van der Waals surface area contributed by atoms with Crippen LogP contribution in [0.4, 0.5) is 0 Å². The second-order valence-electron chi connectivity index (χ2n) is 5.90. The summed E-state index contributed by atoms with van der Waals surface area (Å²) in [5, 5.41) is 3.58. The number of benzene rings is 1. The van der Waals surface area contributed by atoms with Gasteiger partial charge in [0.2, 0.25) is 0 Å². The Morgan fingerprint density at radius 1 is 1.38 bits per heavy atom. The molecule has 1 fully saturated rings. The maximum absolute atomic E-state index is 11.7. The summed E-state index contributed by atoms with van der Waals surface area (Å²) in [5.41, 5.74) is 1.53. The number of nitrogens with one attached hydrogen (secondary N) is 2. The Morgan fingerprint density at radius 3 is 2.81 bits per heavy atom. The first-order valence-electron chi connectivity index (χ1n) is 7.40. The van der Waals surface area contributed by atoms with Gasteiger partial charge in [0.15, 0.2) is 9.84 Å². The minimum Gasteiger partial charge on any atom is -0.340 e. The predicted molar refractivity (Wildman–Crippen MR) is 83.0 cm³/mol. The number of sulfone groups is 1. The number of nitrogens with zero attached hydrogens (tertiary/aromatic N) is 1. The van der Waals surface area contributed by atoms with Gasteiger partial charge < -0.3 is 10.3 Å². The lowest BCUT2D eigenvalue weighted by molar-refractivity contribution is 0.338. The molecule has 1 aromatic heterocycles. The standard InChI is InChI=1S/C15H21N3O2S/c1-3-7-15(8-4-9-16-15)14-17-12-6-5-11(21(2,19)20)10-13(12)18-14/h5-6,10,16H,3-4,7-9H2,1-2H3,(H,17,18). The molecule has 1 aliphatic rings. The van der Waals surface area contributed by atoms with Gasteiger partial charge in [0, 0.05) is 6.26 Å². The Bertz CT molecular complexity index is 758. The van der Waals surface area contributed by atoms with Gasteiger partial charge in [-0.15, -0.1) is 0 Å². The van der Waals surface area contributed by atoms with E-state index < -0.39 is 9.84 Å². The number of rotatable bonds is 4. The van der Waals surface area contributed by atoms with Crippen LogP contribution in [0.5, 0.6) is 0 Å². The number of aromatic amines is 1. The van der Waals surface area contributed by atoms with Gasteiger partial charge in [-0.25, -0.2) is 13.4 Å². The van der Waals surface area contributed by atoms with Crippen molar-refractivity contribution < 1.29 is 8.42 Å². The van der Waals surface area contributed by atoms with Gasteiger partial charge in [-0.2, -0.15) is 0 Å². The van der Waals surface area contributed by atoms with E-state index in [1.165, 1.54) is 6.26 Å². The summed E-state index contributed by atoms with van der Waals surface area (Å²) in [4.78, 5) is 8.36. The molecule has 0 saturated carbocycles. The summed E-state index contributed by atoms with van der Waals surface area (Å²) in [6.45, 7) is 3.18. The molecule has 6 heteroatoms. The molecule has 1 atom stereocenters. The molecule has 0 amide bonds. The highest BCUT2D eigenvalue weighted by molar-refractivity contribution is 7.90. The van der Waals surface area contributed by atoms with Crippen LogP contribution in [0.2, 0.25) is 0 Å². The minimum absolute atomic E-state index is 0.0843. The van der Waals surface area contributed by atoms with Crippen molar-refractivity contribution in [3.63, 3.8) is 0 Å². The molecule has 21 heavy (non-hydrogen) atoms. The third-order valence-corrected chi connectivity index (χ3v) is 5.37. The molecule has 3 rings (SSSR count). The summed E-state index contributed by atoms with van der Waals surface area (Å²) in [7, 11) is -3.19. The number of hydrogen-bond acceptors (Lipinski definition) is 4. The summed E-state index contributed by atoms with van der Waals surface area (Å²) >= 11 is 0. The zero-order valence-electron chi connectivity index (χ0n) is 12.4. The summed E-state index contributed by atoms with van der Waals surface area (Å²) in [6, 6.07) is 5.08. The van der Waals surface area contributed by atoms with Gasteiger partial charge in [0.1, 0.15) is 5.82 Å². The molecule has 1 aliphatic heterocycles. The molecule has 0 spiro atoms. The molecule has 1 unspecified atom stereocenters. The Balaban J connectivity index is 2.08. The van der Waals surface area contributed by atoms with E-state index in [-0.39, 0.29) is 5.54 Å². The van der Waals surface area contributed by atoms with Crippen molar-refractivity contribution in [2.24, 2.45) is 0 Å². The number of hydrogen-bond donors (Lipinski definition) is 2. The topological polar surface area (TPSA) is 74.8 Å². The average molecular weight is 307 g/mol. The van der Waals surface area contributed by atoms with Crippen LogP contribution >= 0.6 is 0 Å². The van der Waals surface area contributed by atoms with Crippen LogP contribution in [0.15, 0.2) is 23.1 Å². The lowest BCUT2D eigenvalue weighted by atomic mass is 9.91. The van der Waals surface area contributed by atoms with Crippen molar-refractivity contribution in [1.82, 2.24) is 15.3 Å². The number of fused-ring (bicyclic) bond motifs is 1. The van der Waals surface area contributed by atoms with Gasteiger partial charge in [-0.3, -0.25) is 0 Å². The third kappa shape index (κ3) is 2.58. The van der Waals surface area contributed by atoms with Crippen LogP contribution in [0.3, 0.4) is 0 Å². The summed E-state index contributed by atoms with van der Waals surface area (Å²) in [5.74, 6) is 0.933. The van der Waals surface area contributed by atoms with Gasteiger partial charge in [0.25, 0.3) is 0 Å². The van der Waals surface area contributed by atoms with Crippen LogP contribution < -0.4 is 5.32 Å². The van der Waals surface area contributed by atoms with Crippen molar-refractivity contribution in [1.29, 1.82) is 0 Å². The maximum atomic E-state index is 11.7. The van der Waals surface area contributed by atoms with E-state index in [0.29, 0.717) is 4.90 Å². The van der Waals surface area contributed by atoms with Crippen LogP contribution in [-0.2, 0) is 15.4 Å². The monoisotopic (exact) mass is 307 g/mol. The molecule has 2 aromatic rings. The average Bonchev–Trinajstić information content (AvgIpc) is 3.03. The van der Waals surface area contributed by atoms with E-state index in [0.717, 1.165) is 49.1 Å². The number of aromatic nitrogens is 2. The van der Waals surface area contributed by atoms with Crippen LogP contribution in [0.25, 0.3) is 11.0 Å². The summed E-state index contributed by atoms with van der Waals surface area (Å²) < 4.78 is 23.3. The highest BCUT2D eigenvalue weighted by Crippen LogP contribution is 2.34. The first-order valence-corrected chi connectivity index (χ1v) is 9.29. The van der Waals surface area contributed by atoms with E-state index in [9.17, 15) is 8.42 Å². The van der Waals surface area contributed by atoms with Crippen LogP contribution in [0, 0.1) is 0 Å². The third-order valence-electron chi connectivity index (χ3n) is 4.26. The van der Waals surface area contributed by atoms with Gasteiger partial charge in [-0.05, 0) is 44.0 Å². The molecule has 114 valence electrons. The van der Waals surface area contributed by atoms with Crippen LogP contribution in [-0.4, -0.2) is 31.2 Å². The zero-order valence-corrected chi connectivity index (χ0v) is 13.3. The molecule has 1 saturated heterocycles. The first kappa shape index (κ1) is 14.5. The maximum Gasteiger partial charge on any atom is 0.175 e. The highest BCUT2D eigenvalue weighted by atomic mass is 32.2. The molecule has 0 aliphatic carbocycles. The second-order valence-corrected chi connectivity index (χ2v) is 7.91. The lowest BCUT2D eigenvalue weighted by Crippen LogP contribution is -2.37. The zero-order chi connectivity index (χ0) is 15.1. The Hall–Kier alpha value is -1.40. The smallest absolute Gasteiger partial charge is 0.175 e. The lowest BCUT2D eigenvalue weighted by Gasteiger charge is -2.26. The van der Waals surface area contributed by atoms with Crippen molar-refractivity contribution in [2.45, 2.75) is 43.0 Å². The molecule has 5 nitrogen and oxygen atoms in total. The SMILES string of the molecule is CCCC1(c2nc3ccc(S(C)(=O)=O)cc3[nH]2)CCCN1. The van der Waals surface area contributed by atoms with E-state index in [1.54, 1.807) is 18.2 Å². The molecule has 2 N–H and O–H groups in total. The molecule has 2 heterocycles. The van der Waals surface area contributed by atoms with Gasteiger partial charge >= 0.3 is 0 Å². The molecule has 0 bridgehead atoms. The fourth-order valence-electron chi connectivity index (χ4n) is 3.21. The van der Waals surface area contributed by atoms with E-state index in [2.05, 4.69) is 17.2 Å². The Kier molecular flexibility index (Phi) is 3.53. The molecular weight excluding hydrogens is 286 g/mol. The molecule has 1 aromatic carbocycles. The van der Waals surface area contributed by atoms with Crippen molar-refractivity contribution in [2.75, 3.05) is 12.8 Å². The van der Waals surface area contributed by atoms with E-state index in [1.807, 2.05) is 0 Å². The normalized spacial score (nSPS) is 23.0. The van der Waals surface area contributed by atoms with Gasteiger partial charge in [0.05, 0.1) is 21.5 Å². The summed E-state index contributed by atoms with van der Waals surface area (Å²) in [6.07, 6.45) is 5.55. The molecule has 0 radical (unpaired) electrons. The second kappa shape index (κ2) is 5.10. The van der Waals surface area contributed by atoms with E-state index >= 15 is 0 Å². The van der Waals surface area contributed by atoms with Crippen molar-refractivity contribution in [3.8, 4) is 0 Å². The fourth-order valence-corrected chi connectivity index (χ4v) is 3.86. The Morgan fingerprint density at radius 2 is 2.19 bits per heavy atom. The van der Waals surface area contributed by atoms with E-state index in [4.69, 9.17) is 4.98 Å². The Labute approximate surface area is 125 Å². The number of H-pyrrole nitrogens is 1. The molecular formula is C15H21N3O2S. The first-order chi connectivity index (χ1) is 9.94. The fraction of sp³-hybridized carbons (Fsp3) is 0.533.